The van der Waals surface area contributed by atoms with Crippen LogP contribution in [0.3, 0.4) is 0 Å². The van der Waals surface area contributed by atoms with E-state index in [2.05, 4.69) is 5.92 Å². The highest BCUT2D eigenvalue weighted by molar-refractivity contribution is 5.12. The first-order chi connectivity index (χ1) is 4.16. The molecule has 1 aliphatic rings. The fourth-order valence-electron chi connectivity index (χ4n) is 1.16. The summed E-state index contributed by atoms with van der Waals surface area (Å²) in [4.78, 5) is 0. The van der Waals surface area contributed by atoms with Gasteiger partial charge in [0.05, 0.1) is 0 Å². The molecule has 1 saturated carbocycles. The van der Waals surface area contributed by atoms with Gasteiger partial charge in [0.25, 0.3) is 0 Å². The highest BCUT2D eigenvalue weighted by Gasteiger charge is 2.35. The van der Waals surface area contributed by atoms with Gasteiger partial charge >= 0.3 is 0 Å². The Morgan fingerprint density at radius 2 is 2.44 bits per heavy atom. The van der Waals surface area contributed by atoms with Crippen LogP contribution in [0.4, 0.5) is 4.39 Å². The van der Waals surface area contributed by atoms with Crippen molar-refractivity contribution >= 4 is 0 Å². The van der Waals surface area contributed by atoms with E-state index in [1.54, 1.807) is 0 Å². The summed E-state index contributed by atoms with van der Waals surface area (Å²) < 4.78 is 13.0. The lowest BCUT2D eigenvalue weighted by atomic mass is 10.1. The Hall–Kier alpha value is -0.550. The summed E-state index contributed by atoms with van der Waals surface area (Å²) in [6.07, 6.45) is 6.44. The van der Waals surface area contributed by atoms with Gasteiger partial charge in [-0.3, -0.25) is 0 Å². The standard InChI is InChI=1S/C7H10FN/c1-2-7(8)4-3-6(9)5-7/h1,6H,3-5,9H2. The third-order valence-electron chi connectivity index (χ3n) is 1.76. The van der Waals surface area contributed by atoms with E-state index in [4.69, 9.17) is 12.2 Å². The maximum Gasteiger partial charge on any atom is 0.172 e. The molecule has 1 fully saturated rings. The predicted octanol–water partition coefficient (Wildman–Crippen LogP) is 0.839. The molecule has 0 aromatic carbocycles. The minimum absolute atomic E-state index is 0.0222. The Kier molecular flexibility index (Phi) is 1.46. The van der Waals surface area contributed by atoms with Crippen molar-refractivity contribution in [2.45, 2.75) is 31.0 Å². The van der Waals surface area contributed by atoms with Crippen molar-refractivity contribution in [2.24, 2.45) is 5.73 Å². The van der Waals surface area contributed by atoms with Gasteiger partial charge in [-0.1, -0.05) is 5.92 Å². The molecular weight excluding hydrogens is 117 g/mol. The summed E-state index contributed by atoms with van der Waals surface area (Å²) in [5.74, 6) is 2.12. The fourth-order valence-corrected chi connectivity index (χ4v) is 1.16. The average Bonchev–Trinajstić information content (AvgIpc) is 2.13. The lowest BCUT2D eigenvalue weighted by Crippen LogP contribution is -2.21. The molecule has 1 rings (SSSR count). The zero-order valence-corrected chi connectivity index (χ0v) is 5.23. The van der Waals surface area contributed by atoms with Gasteiger partial charge in [-0.25, -0.2) is 4.39 Å². The SMILES string of the molecule is C#CC1(F)CCC(N)C1. The molecule has 2 N–H and O–H groups in total. The van der Waals surface area contributed by atoms with Gasteiger partial charge < -0.3 is 5.73 Å². The zero-order chi connectivity index (χ0) is 6.91. The highest BCUT2D eigenvalue weighted by atomic mass is 19.1. The largest absolute Gasteiger partial charge is 0.328 e. The van der Waals surface area contributed by atoms with Crippen molar-refractivity contribution in [1.29, 1.82) is 0 Å². The van der Waals surface area contributed by atoms with E-state index in [1.807, 2.05) is 0 Å². The van der Waals surface area contributed by atoms with E-state index in [-0.39, 0.29) is 6.04 Å². The maximum absolute atomic E-state index is 13.0. The number of hydrogen-bond donors (Lipinski definition) is 1. The second-order valence-corrected chi connectivity index (χ2v) is 2.61. The molecular formula is C7H10FN. The van der Waals surface area contributed by atoms with Crippen molar-refractivity contribution in [3.05, 3.63) is 0 Å². The molecule has 50 valence electrons. The first-order valence-corrected chi connectivity index (χ1v) is 3.08. The Morgan fingerprint density at radius 1 is 1.78 bits per heavy atom. The molecule has 9 heavy (non-hydrogen) atoms. The second kappa shape index (κ2) is 2.00. The molecule has 0 amide bonds. The number of alkyl halides is 1. The van der Waals surface area contributed by atoms with Gasteiger partial charge in [-0.2, -0.15) is 0 Å². The lowest BCUT2D eigenvalue weighted by Gasteiger charge is -2.08. The Bertz CT molecular complexity index is 149. The second-order valence-electron chi connectivity index (χ2n) is 2.61. The summed E-state index contributed by atoms with van der Waals surface area (Å²) in [6.45, 7) is 0. The number of terminal acetylenes is 1. The molecule has 1 aliphatic carbocycles. The van der Waals surface area contributed by atoms with Gasteiger partial charge in [0.1, 0.15) is 0 Å². The topological polar surface area (TPSA) is 26.0 Å². The smallest absolute Gasteiger partial charge is 0.172 e. The summed E-state index contributed by atoms with van der Waals surface area (Å²) >= 11 is 0. The molecule has 0 saturated heterocycles. The van der Waals surface area contributed by atoms with E-state index in [0.29, 0.717) is 12.8 Å². The van der Waals surface area contributed by atoms with E-state index in [1.165, 1.54) is 0 Å². The number of halogens is 1. The molecule has 0 aromatic heterocycles. The quantitative estimate of drug-likeness (QED) is 0.479. The first-order valence-electron chi connectivity index (χ1n) is 3.08. The molecule has 0 heterocycles. The predicted molar refractivity (Wildman–Crippen MR) is 34.5 cm³/mol. The van der Waals surface area contributed by atoms with Gasteiger partial charge in [-0.15, -0.1) is 6.42 Å². The van der Waals surface area contributed by atoms with Crippen LogP contribution in [0.15, 0.2) is 0 Å². The molecule has 1 nitrogen and oxygen atoms in total. The van der Waals surface area contributed by atoms with Crippen molar-refractivity contribution in [3.63, 3.8) is 0 Å². The van der Waals surface area contributed by atoms with Crippen molar-refractivity contribution < 1.29 is 4.39 Å². The molecule has 0 aliphatic heterocycles. The molecule has 0 bridgehead atoms. The van der Waals surface area contributed by atoms with E-state index < -0.39 is 5.67 Å². The normalized spacial score (nSPS) is 42.6. The van der Waals surface area contributed by atoms with Crippen LogP contribution in [0.2, 0.25) is 0 Å². The Morgan fingerprint density at radius 3 is 2.67 bits per heavy atom. The van der Waals surface area contributed by atoms with Gasteiger partial charge in [-0.05, 0) is 12.8 Å². The van der Waals surface area contributed by atoms with Crippen LogP contribution in [0, 0.1) is 12.3 Å². The third-order valence-corrected chi connectivity index (χ3v) is 1.76. The Balaban J connectivity index is 2.58. The molecule has 0 spiro atoms. The van der Waals surface area contributed by atoms with Crippen LogP contribution in [-0.4, -0.2) is 11.7 Å². The van der Waals surface area contributed by atoms with Crippen molar-refractivity contribution in [3.8, 4) is 12.3 Å². The first kappa shape index (κ1) is 6.57. The van der Waals surface area contributed by atoms with Gasteiger partial charge in [0.15, 0.2) is 5.67 Å². The maximum atomic E-state index is 13.0. The van der Waals surface area contributed by atoms with Crippen LogP contribution in [0.5, 0.6) is 0 Å². The van der Waals surface area contributed by atoms with E-state index in [9.17, 15) is 4.39 Å². The molecule has 2 heteroatoms. The summed E-state index contributed by atoms with van der Waals surface area (Å²) in [5.41, 5.74) is 4.06. The summed E-state index contributed by atoms with van der Waals surface area (Å²) in [6, 6.07) is -0.0222. The number of nitrogens with two attached hydrogens (primary N) is 1. The third kappa shape index (κ3) is 1.22. The average molecular weight is 127 g/mol. The number of rotatable bonds is 0. The van der Waals surface area contributed by atoms with Crippen LogP contribution in [-0.2, 0) is 0 Å². The van der Waals surface area contributed by atoms with Crippen LogP contribution in [0.25, 0.3) is 0 Å². The molecule has 2 unspecified atom stereocenters. The monoisotopic (exact) mass is 127 g/mol. The summed E-state index contributed by atoms with van der Waals surface area (Å²) in [5, 5.41) is 0. The van der Waals surface area contributed by atoms with Crippen molar-refractivity contribution in [1.82, 2.24) is 0 Å². The Labute approximate surface area is 54.4 Å². The summed E-state index contributed by atoms with van der Waals surface area (Å²) in [7, 11) is 0. The van der Waals surface area contributed by atoms with E-state index >= 15 is 0 Å². The minimum atomic E-state index is -1.39. The van der Waals surface area contributed by atoms with E-state index in [0.717, 1.165) is 6.42 Å². The molecule has 0 aromatic rings. The lowest BCUT2D eigenvalue weighted by molar-refractivity contribution is 0.250. The van der Waals surface area contributed by atoms with Crippen LogP contribution < -0.4 is 5.73 Å². The molecule has 0 radical (unpaired) electrons. The molecule has 2 atom stereocenters. The zero-order valence-electron chi connectivity index (χ0n) is 5.23. The van der Waals surface area contributed by atoms with Gasteiger partial charge in [0, 0.05) is 12.5 Å². The fraction of sp³-hybridized carbons (Fsp3) is 0.714. The van der Waals surface area contributed by atoms with Crippen LogP contribution >= 0.6 is 0 Å². The van der Waals surface area contributed by atoms with Gasteiger partial charge in [0.2, 0.25) is 0 Å². The van der Waals surface area contributed by atoms with Crippen molar-refractivity contribution in [2.75, 3.05) is 0 Å². The highest BCUT2D eigenvalue weighted by Crippen LogP contribution is 2.31. The minimum Gasteiger partial charge on any atom is -0.328 e. The number of hydrogen-bond acceptors (Lipinski definition) is 1. The van der Waals surface area contributed by atoms with Crippen LogP contribution in [0.1, 0.15) is 19.3 Å².